The lowest BCUT2D eigenvalue weighted by Crippen LogP contribution is -1.99. The molecule has 0 spiro atoms. The minimum atomic E-state index is -1.00. The van der Waals surface area contributed by atoms with Crippen molar-refractivity contribution in [2.45, 2.75) is 13.2 Å². The van der Waals surface area contributed by atoms with E-state index < -0.39 is 5.97 Å². The molecule has 0 saturated carbocycles. The third-order valence-electron chi connectivity index (χ3n) is 2.72. The number of hydrogen-bond acceptors (Lipinski definition) is 2. The fraction of sp³-hybridized carbons (Fsp3) is 0.133. The van der Waals surface area contributed by atoms with Crippen molar-refractivity contribution in [3.63, 3.8) is 0 Å². The van der Waals surface area contributed by atoms with E-state index in [9.17, 15) is 4.79 Å². The van der Waals surface area contributed by atoms with Gasteiger partial charge in [-0.15, -0.1) is 0 Å². The Hall–Kier alpha value is -1.55. The molecule has 5 heteroatoms. The summed E-state index contributed by atoms with van der Waals surface area (Å²) in [4.78, 5) is 10.8. The highest BCUT2D eigenvalue weighted by molar-refractivity contribution is 6.31. The minimum Gasteiger partial charge on any atom is -0.478 e. The van der Waals surface area contributed by atoms with Crippen LogP contribution in [0.4, 0.5) is 0 Å². The standard InChI is InChI=1S/C15H12Cl2O3/c16-13-3-1-2-10(6-13)8-20-9-12-5-4-11(15(18)19)7-14(12)17/h1-7H,8-9H2,(H,18,19). The predicted molar refractivity (Wildman–Crippen MR) is 78.4 cm³/mol. The first-order chi connectivity index (χ1) is 9.56. The second kappa shape index (κ2) is 6.75. The molecular formula is C15H12Cl2O3. The molecule has 0 aliphatic rings. The lowest BCUT2D eigenvalue weighted by Gasteiger charge is -2.07. The number of carboxylic acids is 1. The van der Waals surface area contributed by atoms with E-state index in [0.29, 0.717) is 23.3 Å². The van der Waals surface area contributed by atoms with Crippen LogP contribution in [0.25, 0.3) is 0 Å². The summed E-state index contributed by atoms with van der Waals surface area (Å²) >= 11 is 11.9. The zero-order valence-corrected chi connectivity index (χ0v) is 12.0. The molecule has 2 aromatic rings. The number of carboxylic acid groups (broad SMARTS) is 1. The van der Waals surface area contributed by atoms with Crippen molar-refractivity contribution in [1.82, 2.24) is 0 Å². The van der Waals surface area contributed by atoms with E-state index in [0.717, 1.165) is 11.1 Å². The number of hydrogen-bond donors (Lipinski definition) is 1. The average molecular weight is 311 g/mol. The first-order valence-electron chi connectivity index (χ1n) is 5.90. The topological polar surface area (TPSA) is 46.5 Å². The van der Waals surface area contributed by atoms with Gasteiger partial charge in [0.2, 0.25) is 0 Å². The third-order valence-corrected chi connectivity index (χ3v) is 3.30. The Morgan fingerprint density at radius 2 is 1.90 bits per heavy atom. The molecule has 0 aromatic heterocycles. The largest absolute Gasteiger partial charge is 0.478 e. The molecule has 2 rings (SSSR count). The van der Waals surface area contributed by atoms with Crippen LogP contribution in [0.1, 0.15) is 21.5 Å². The van der Waals surface area contributed by atoms with Gasteiger partial charge in [-0.1, -0.05) is 41.4 Å². The number of benzene rings is 2. The minimum absolute atomic E-state index is 0.161. The van der Waals surface area contributed by atoms with Crippen LogP contribution in [0.3, 0.4) is 0 Å². The highest BCUT2D eigenvalue weighted by atomic mass is 35.5. The molecule has 0 atom stereocenters. The first kappa shape index (κ1) is 14.9. The smallest absolute Gasteiger partial charge is 0.335 e. The van der Waals surface area contributed by atoms with Crippen molar-refractivity contribution in [2.75, 3.05) is 0 Å². The van der Waals surface area contributed by atoms with E-state index in [1.54, 1.807) is 12.1 Å². The fourth-order valence-corrected chi connectivity index (χ4v) is 2.15. The quantitative estimate of drug-likeness (QED) is 0.889. The molecular weight excluding hydrogens is 299 g/mol. The van der Waals surface area contributed by atoms with Crippen LogP contribution in [-0.4, -0.2) is 11.1 Å². The van der Waals surface area contributed by atoms with Gasteiger partial charge < -0.3 is 9.84 Å². The highest BCUT2D eigenvalue weighted by Crippen LogP contribution is 2.20. The Kier molecular flexibility index (Phi) is 5.01. The predicted octanol–water partition coefficient (Wildman–Crippen LogP) is 4.41. The number of aromatic carboxylic acids is 1. The lowest BCUT2D eigenvalue weighted by molar-refractivity contribution is 0.0696. The van der Waals surface area contributed by atoms with Crippen molar-refractivity contribution in [3.8, 4) is 0 Å². The van der Waals surface area contributed by atoms with Crippen LogP contribution >= 0.6 is 23.2 Å². The molecule has 0 aliphatic heterocycles. The van der Waals surface area contributed by atoms with Crippen LogP contribution in [0.2, 0.25) is 10.0 Å². The van der Waals surface area contributed by atoms with Crippen LogP contribution in [0, 0.1) is 0 Å². The summed E-state index contributed by atoms with van der Waals surface area (Å²) in [6.45, 7) is 0.725. The van der Waals surface area contributed by atoms with Gasteiger partial charge in [0.05, 0.1) is 18.8 Å². The zero-order chi connectivity index (χ0) is 14.5. The molecule has 0 amide bonds. The number of rotatable bonds is 5. The molecule has 1 N–H and O–H groups in total. The van der Waals surface area contributed by atoms with E-state index in [-0.39, 0.29) is 5.56 Å². The van der Waals surface area contributed by atoms with Crippen molar-refractivity contribution in [3.05, 3.63) is 69.2 Å². The van der Waals surface area contributed by atoms with Gasteiger partial charge in [-0.05, 0) is 35.4 Å². The second-order valence-corrected chi connectivity index (χ2v) is 5.08. The molecule has 0 aliphatic carbocycles. The normalized spacial score (nSPS) is 10.5. The van der Waals surface area contributed by atoms with Crippen LogP contribution in [0.15, 0.2) is 42.5 Å². The fourth-order valence-electron chi connectivity index (χ4n) is 1.70. The molecule has 2 aromatic carbocycles. The molecule has 3 nitrogen and oxygen atoms in total. The Bertz CT molecular complexity index is 626. The number of halogens is 2. The molecule has 0 heterocycles. The molecule has 0 saturated heterocycles. The summed E-state index contributed by atoms with van der Waals surface area (Å²) in [6, 6.07) is 12.0. The Labute approximate surface area is 126 Å². The van der Waals surface area contributed by atoms with E-state index in [4.69, 9.17) is 33.0 Å². The summed E-state index contributed by atoms with van der Waals surface area (Å²) in [5, 5.41) is 9.90. The Morgan fingerprint density at radius 3 is 2.55 bits per heavy atom. The Morgan fingerprint density at radius 1 is 1.10 bits per heavy atom. The average Bonchev–Trinajstić information content (AvgIpc) is 2.40. The first-order valence-corrected chi connectivity index (χ1v) is 6.66. The molecule has 0 bridgehead atoms. The molecule has 0 fully saturated rings. The van der Waals surface area contributed by atoms with Gasteiger partial charge in [-0.3, -0.25) is 0 Å². The number of carbonyl (C=O) groups is 1. The van der Waals surface area contributed by atoms with Gasteiger partial charge >= 0.3 is 5.97 Å². The summed E-state index contributed by atoms with van der Waals surface area (Å²) in [5.74, 6) is -1.00. The van der Waals surface area contributed by atoms with Gasteiger partial charge in [0.25, 0.3) is 0 Å². The van der Waals surface area contributed by atoms with Crippen molar-refractivity contribution in [2.24, 2.45) is 0 Å². The number of ether oxygens (including phenoxy) is 1. The molecule has 20 heavy (non-hydrogen) atoms. The van der Waals surface area contributed by atoms with Gasteiger partial charge in [0.15, 0.2) is 0 Å². The zero-order valence-electron chi connectivity index (χ0n) is 10.5. The van der Waals surface area contributed by atoms with E-state index in [2.05, 4.69) is 0 Å². The summed E-state index contributed by atoms with van der Waals surface area (Å²) in [7, 11) is 0. The summed E-state index contributed by atoms with van der Waals surface area (Å²) in [5.41, 5.74) is 1.88. The van der Waals surface area contributed by atoms with E-state index >= 15 is 0 Å². The van der Waals surface area contributed by atoms with Gasteiger partial charge in [-0.25, -0.2) is 4.79 Å². The molecule has 0 radical (unpaired) electrons. The van der Waals surface area contributed by atoms with Crippen molar-refractivity contribution >= 4 is 29.2 Å². The summed E-state index contributed by atoms with van der Waals surface area (Å²) in [6.07, 6.45) is 0. The van der Waals surface area contributed by atoms with Gasteiger partial charge in [0, 0.05) is 10.0 Å². The second-order valence-electron chi connectivity index (χ2n) is 4.23. The van der Waals surface area contributed by atoms with Gasteiger partial charge in [0.1, 0.15) is 0 Å². The maximum absolute atomic E-state index is 10.8. The highest BCUT2D eigenvalue weighted by Gasteiger charge is 2.07. The molecule has 0 unspecified atom stereocenters. The van der Waals surface area contributed by atoms with Crippen LogP contribution < -0.4 is 0 Å². The lowest BCUT2D eigenvalue weighted by atomic mass is 10.1. The van der Waals surface area contributed by atoms with Crippen LogP contribution in [0.5, 0.6) is 0 Å². The van der Waals surface area contributed by atoms with E-state index in [1.807, 2.05) is 18.2 Å². The van der Waals surface area contributed by atoms with Crippen molar-refractivity contribution < 1.29 is 14.6 Å². The Balaban J connectivity index is 1.96. The third kappa shape index (κ3) is 3.97. The SMILES string of the molecule is O=C(O)c1ccc(COCc2cccc(Cl)c2)c(Cl)c1. The maximum Gasteiger partial charge on any atom is 0.335 e. The van der Waals surface area contributed by atoms with E-state index in [1.165, 1.54) is 12.1 Å². The monoisotopic (exact) mass is 310 g/mol. The van der Waals surface area contributed by atoms with Crippen molar-refractivity contribution in [1.29, 1.82) is 0 Å². The molecule has 104 valence electrons. The maximum atomic E-state index is 10.8. The summed E-state index contributed by atoms with van der Waals surface area (Å²) < 4.78 is 5.55. The van der Waals surface area contributed by atoms with Gasteiger partial charge in [-0.2, -0.15) is 0 Å². The van der Waals surface area contributed by atoms with Crippen LogP contribution in [-0.2, 0) is 18.0 Å².